The lowest BCUT2D eigenvalue weighted by Gasteiger charge is -2.13. The van der Waals surface area contributed by atoms with Crippen molar-refractivity contribution in [3.8, 4) is 0 Å². The van der Waals surface area contributed by atoms with Crippen molar-refractivity contribution in [2.75, 3.05) is 0 Å². The molecule has 1 aromatic rings. The largest absolute Gasteiger partial charge is 0.481 e. The van der Waals surface area contributed by atoms with Gasteiger partial charge in [0.2, 0.25) is 0 Å². The summed E-state index contributed by atoms with van der Waals surface area (Å²) in [6, 6.07) is 5.37. The van der Waals surface area contributed by atoms with Crippen molar-refractivity contribution in [2.24, 2.45) is 0 Å². The summed E-state index contributed by atoms with van der Waals surface area (Å²) >= 11 is 11.7. The Labute approximate surface area is 97.8 Å². The minimum absolute atomic E-state index is 0.172. The first-order valence-electron chi connectivity index (χ1n) is 4.71. The first kappa shape index (κ1) is 10.8. The molecule has 0 amide bonds. The number of carboxylic acid groups (broad SMARTS) is 1. The van der Waals surface area contributed by atoms with Crippen LogP contribution in [0.5, 0.6) is 0 Å². The SMILES string of the molecule is O=C(O)CC1(c2ccc(Cl)c(Cl)c2)CC1. The van der Waals surface area contributed by atoms with E-state index in [-0.39, 0.29) is 11.8 Å². The van der Waals surface area contributed by atoms with Gasteiger partial charge in [-0.25, -0.2) is 0 Å². The molecule has 2 nitrogen and oxygen atoms in total. The molecule has 0 heterocycles. The molecule has 1 aliphatic carbocycles. The van der Waals surface area contributed by atoms with Crippen LogP contribution in [0.15, 0.2) is 18.2 Å². The van der Waals surface area contributed by atoms with Crippen LogP contribution in [0.2, 0.25) is 10.0 Å². The van der Waals surface area contributed by atoms with E-state index in [1.165, 1.54) is 0 Å². The minimum Gasteiger partial charge on any atom is -0.481 e. The topological polar surface area (TPSA) is 37.3 Å². The Balaban J connectivity index is 2.29. The number of halogens is 2. The fourth-order valence-electron chi connectivity index (χ4n) is 1.83. The number of benzene rings is 1. The molecular weight excluding hydrogens is 235 g/mol. The number of aliphatic carboxylic acids is 1. The van der Waals surface area contributed by atoms with Crippen LogP contribution in [0, 0.1) is 0 Å². The predicted molar refractivity (Wildman–Crippen MR) is 59.6 cm³/mol. The van der Waals surface area contributed by atoms with Crippen molar-refractivity contribution in [3.63, 3.8) is 0 Å². The van der Waals surface area contributed by atoms with Gasteiger partial charge in [0.1, 0.15) is 0 Å². The van der Waals surface area contributed by atoms with Crippen LogP contribution in [0.25, 0.3) is 0 Å². The second-order valence-corrected chi connectivity index (χ2v) is 4.79. The average Bonchev–Trinajstić information content (AvgIpc) is 2.89. The van der Waals surface area contributed by atoms with Crippen molar-refractivity contribution in [3.05, 3.63) is 33.8 Å². The third kappa shape index (κ3) is 2.11. The van der Waals surface area contributed by atoms with Gasteiger partial charge in [0.25, 0.3) is 0 Å². The third-order valence-corrected chi connectivity index (χ3v) is 3.61. The average molecular weight is 245 g/mol. The van der Waals surface area contributed by atoms with Crippen molar-refractivity contribution in [1.29, 1.82) is 0 Å². The summed E-state index contributed by atoms with van der Waals surface area (Å²) < 4.78 is 0. The summed E-state index contributed by atoms with van der Waals surface area (Å²) in [6.45, 7) is 0. The highest BCUT2D eigenvalue weighted by atomic mass is 35.5. The molecule has 2 rings (SSSR count). The van der Waals surface area contributed by atoms with E-state index < -0.39 is 5.97 Å². The zero-order chi connectivity index (χ0) is 11.1. The molecule has 1 saturated carbocycles. The zero-order valence-electron chi connectivity index (χ0n) is 7.96. The van der Waals surface area contributed by atoms with Crippen LogP contribution < -0.4 is 0 Å². The Morgan fingerprint density at radius 1 is 1.33 bits per heavy atom. The fraction of sp³-hybridized carbons (Fsp3) is 0.364. The summed E-state index contributed by atoms with van der Waals surface area (Å²) in [4.78, 5) is 10.7. The first-order valence-corrected chi connectivity index (χ1v) is 5.46. The molecule has 1 fully saturated rings. The van der Waals surface area contributed by atoms with E-state index >= 15 is 0 Å². The normalized spacial score (nSPS) is 17.5. The van der Waals surface area contributed by atoms with E-state index in [1.54, 1.807) is 12.1 Å². The molecule has 1 aromatic carbocycles. The Bertz CT molecular complexity index is 411. The van der Waals surface area contributed by atoms with Gasteiger partial charge in [-0.05, 0) is 30.5 Å². The van der Waals surface area contributed by atoms with Crippen molar-refractivity contribution >= 4 is 29.2 Å². The van der Waals surface area contributed by atoms with Gasteiger partial charge in [-0.2, -0.15) is 0 Å². The van der Waals surface area contributed by atoms with Crippen molar-refractivity contribution in [2.45, 2.75) is 24.7 Å². The molecule has 0 aromatic heterocycles. The lowest BCUT2D eigenvalue weighted by molar-refractivity contribution is -0.137. The highest BCUT2D eigenvalue weighted by molar-refractivity contribution is 6.42. The van der Waals surface area contributed by atoms with Crippen LogP contribution in [-0.4, -0.2) is 11.1 Å². The van der Waals surface area contributed by atoms with Crippen LogP contribution in [0.1, 0.15) is 24.8 Å². The van der Waals surface area contributed by atoms with E-state index in [4.69, 9.17) is 28.3 Å². The number of hydrogen-bond acceptors (Lipinski definition) is 1. The van der Waals surface area contributed by atoms with E-state index in [0.29, 0.717) is 10.0 Å². The van der Waals surface area contributed by atoms with E-state index in [9.17, 15) is 4.79 Å². The molecule has 0 saturated heterocycles. The Kier molecular flexibility index (Phi) is 2.65. The highest BCUT2D eigenvalue weighted by Gasteiger charge is 2.46. The van der Waals surface area contributed by atoms with Crippen LogP contribution in [-0.2, 0) is 10.2 Å². The molecule has 1 aliphatic rings. The van der Waals surface area contributed by atoms with Crippen molar-refractivity contribution in [1.82, 2.24) is 0 Å². The molecule has 0 unspecified atom stereocenters. The summed E-state index contributed by atoms with van der Waals surface area (Å²) in [7, 11) is 0. The van der Waals surface area contributed by atoms with E-state index in [2.05, 4.69) is 0 Å². The van der Waals surface area contributed by atoms with E-state index in [0.717, 1.165) is 18.4 Å². The number of rotatable bonds is 3. The van der Waals surface area contributed by atoms with Gasteiger partial charge in [0, 0.05) is 5.41 Å². The predicted octanol–water partition coefficient (Wildman–Crippen LogP) is 3.50. The molecule has 4 heteroatoms. The fourth-order valence-corrected chi connectivity index (χ4v) is 2.13. The van der Waals surface area contributed by atoms with Gasteiger partial charge in [-0.1, -0.05) is 29.3 Å². The second-order valence-electron chi connectivity index (χ2n) is 3.98. The molecule has 0 spiro atoms. The summed E-state index contributed by atoms with van der Waals surface area (Å²) in [5, 5.41) is 9.81. The maximum Gasteiger partial charge on any atom is 0.304 e. The van der Waals surface area contributed by atoms with Gasteiger partial charge in [-0.3, -0.25) is 4.79 Å². The summed E-state index contributed by atoms with van der Waals surface area (Å²) in [6.07, 6.45) is 2.00. The third-order valence-electron chi connectivity index (χ3n) is 2.88. The number of carboxylic acids is 1. The Morgan fingerprint density at radius 2 is 2.00 bits per heavy atom. The maximum atomic E-state index is 10.7. The van der Waals surface area contributed by atoms with Crippen LogP contribution >= 0.6 is 23.2 Å². The van der Waals surface area contributed by atoms with Crippen LogP contribution in [0.4, 0.5) is 0 Å². The first-order chi connectivity index (χ1) is 7.03. The van der Waals surface area contributed by atoms with Gasteiger partial charge in [0.05, 0.1) is 16.5 Å². The Morgan fingerprint density at radius 3 is 2.47 bits per heavy atom. The number of carbonyl (C=O) groups is 1. The molecule has 0 radical (unpaired) electrons. The Hall–Kier alpha value is -0.730. The molecule has 0 aliphatic heterocycles. The number of hydrogen-bond donors (Lipinski definition) is 1. The van der Waals surface area contributed by atoms with Gasteiger partial charge >= 0.3 is 5.97 Å². The van der Waals surface area contributed by atoms with Gasteiger partial charge in [0.15, 0.2) is 0 Å². The quantitative estimate of drug-likeness (QED) is 0.884. The molecule has 80 valence electrons. The maximum absolute atomic E-state index is 10.7. The lowest BCUT2D eigenvalue weighted by Crippen LogP contribution is -2.12. The van der Waals surface area contributed by atoms with E-state index in [1.807, 2.05) is 6.07 Å². The van der Waals surface area contributed by atoms with Gasteiger partial charge in [-0.15, -0.1) is 0 Å². The van der Waals surface area contributed by atoms with Gasteiger partial charge < -0.3 is 5.11 Å². The minimum atomic E-state index is -0.765. The molecule has 0 atom stereocenters. The van der Waals surface area contributed by atoms with Crippen molar-refractivity contribution < 1.29 is 9.90 Å². The molecule has 0 bridgehead atoms. The smallest absolute Gasteiger partial charge is 0.304 e. The monoisotopic (exact) mass is 244 g/mol. The lowest BCUT2D eigenvalue weighted by atomic mass is 9.92. The molecule has 15 heavy (non-hydrogen) atoms. The standard InChI is InChI=1S/C11H10Cl2O2/c12-8-2-1-7(5-9(8)13)11(3-4-11)6-10(14)15/h1-2,5H,3-4,6H2,(H,14,15). The second kappa shape index (κ2) is 3.69. The summed E-state index contributed by atoms with van der Waals surface area (Å²) in [5.74, 6) is -0.765. The zero-order valence-corrected chi connectivity index (χ0v) is 9.48. The summed E-state index contributed by atoms with van der Waals surface area (Å²) in [5.41, 5.74) is 0.791. The molecular formula is C11H10Cl2O2. The highest BCUT2D eigenvalue weighted by Crippen LogP contribution is 2.51. The van der Waals surface area contributed by atoms with Crippen LogP contribution in [0.3, 0.4) is 0 Å². The molecule has 1 N–H and O–H groups in total.